The summed E-state index contributed by atoms with van der Waals surface area (Å²) in [5, 5.41) is 3.14. The lowest BCUT2D eigenvalue weighted by molar-refractivity contribution is -0.126. The number of carbonyl (C=O) groups is 1. The predicted molar refractivity (Wildman–Crippen MR) is 73.2 cm³/mol. The smallest absolute Gasteiger partial charge is 0.246 e. The Bertz CT molecular complexity index is 439. The summed E-state index contributed by atoms with van der Waals surface area (Å²) in [6.07, 6.45) is 4.19. The highest BCUT2D eigenvalue weighted by Crippen LogP contribution is 2.39. The Labute approximate surface area is 114 Å². The van der Waals surface area contributed by atoms with E-state index in [9.17, 15) is 4.79 Å². The van der Waals surface area contributed by atoms with Gasteiger partial charge in [0, 0.05) is 7.11 Å². The zero-order chi connectivity index (χ0) is 13.7. The molecule has 0 aliphatic heterocycles. The molecule has 104 valence electrons. The van der Waals surface area contributed by atoms with Crippen LogP contribution in [-0.4, -0.2) is 26.7 Å². The number of nitrogens with one attached hydrogen (secondary N) is 1. The van der Waals surface area contributed by atoms with Gasteiger partial charge in [0.1, 0.15) is 12.4 Å². The molecular formula is C15H21NO3. The third kappa shape index (κ3) is 3.07. The van der Waals surface area contributed by atoms with Crippen molar-refractivity contribution in [1.82, 2.24) is 5.32 Å². The second-order valence-electron chi connectivity index (χ2n) is 5.00. The van der Waals surface area contributed by atoms with Gasteiger partial charge in [0.25, 0.3) is 0 Å². The third-order valence-corrected chi connectivity index (χ3v) is 3.73. The number of hydrogen-bond acceptors (Lipinski definition) is 3. The summed E-state index contributed by atoms with van der Waals surface area (Å²) in [5.74, 6) is 0.761. The number of benzene rings is 1. The van der Waals surface area contributed by atoms with Gasteiger partial charge in [-0.2, -0.15) is 0 Å². The Hall–Kier alpha value is -1.55. The fourth-order valence-electron chi connectivity index (χ4n) is 2.82. The molecule has 0 saturated heterocycles. The van der Waals surface area contributed by atoms with E-state index in [1.807, 2.05) is 18.2 Å². The van der Waals surface area contributed by atoms with E-state index in [1.54, 1.807) is 7.11 Å². The lowest BCUT2D eigenvalue weighted by atomic mass is 9.88. The molecule has 1 aromatic carbocycles. The largest absolute Gasteiger partial charge is 0.497 e. The topological polar surface area (TPSA) is 47.6 Å². The molecule has 1 aliphatic carbocycles. The van der Waals surface area contributed by atoms with E-state index < -0.39 is 0 Å². The fraction of sp³-hybridized carbons (Fsp3) is 0.533. The van der Waals surface area contributed by atoms with Crippen molar-refractivity contribution in [3.05, 3.63) is 29.8 Å². The first-order valence-corrected chi connectivity index (χ1v) is 6.65. The van der Waals surface area contributed by atoms with Crippen LogP contribution in [0.1, 0.15) is 31.2 Å². The van der Waals surface area contributed by atoms with Crippen LogP contribution < -0.4 is 10.1 Å². The van der Waals surface area contributed by atoms with E-state index in [1.165, 1.54) is 7.11 Å². The number of amides is 1. The van der Waals surface area contributed by atoms with E-state index in [-0.39, 0.29) is 18.1 Å². The van der Waals surface area contributed by atoms with Gasteiger partial charge in [0.2, 0.25) is 5.91 Å². The van der Waals surface area contributed by atoms with Crippen LogP contribution in [0.25, 0.3) is 0 Å². The molecule has 1 aliphatic rings. The molecule has 0 aromatic heterocycles. The molecular weight excluding hydrogens is 242 g/mol. The van der Waals surface area contributed by atoms with E-state index in [0.717, 1.165) is 37.0 Å². The first-order valence-electron chi connectivity index (χ1n) is 6.65. The zero-order valence-corrected chi connectivity index (χ0v) is 11.6. The van der Waals surface area contributed by atoms with Crippen LogP contribution in [-0.2, 0) is 15.1 Å². The van der Waals surface area contributed by atoms with Gasteiger partial charge in [-0.3, -0.25) is 4.79 Å². The minimum Gasteiger partial charge on any atom is -0.497 e. The van der Waals surface area contributed by atoms with Crippen LogP contribution in [0.4, 0.5) is 0 Å². The maximum Gasteiger partial charge on any atom is 0.246 e. The number of carbonyl (C=O) groups excluding carboxylic acids is 1. The van der Waals surface area contributed by atoms with Gasteiger partial charge >= 0.3 is 0 Å². The Balaban J connectivity index is 2.25. The van der Waals surface area contributed by atoms with Crippen molar-refractivity contribution in [1.29, 1.82) is 0 Å². The number of ether oxygens (including phenoxy) is 2. The molecule has 1 saturated carbocycles. The van der Waals surface area contributed by atoms with Crippen molar-refractivity contribution in [3.63, 3.8) is 0 Å². The molecule has 4 heteroatoms. The Kier molecular flexibility index (Phi) is 4.43. The van der Waals surface area contributed by atoms with Gasteiger partial charge in [0.05, 0.1) is 12.6 Å². The fourth-order valence-corrected chi connectivity index (χ4v) is 2.82. The monoisotopic (exact) mass is 263 g/mol. The molecule has 0 unspecified atom stereocenters. The first-order chi connectivity index (χ1) is 9.20. The van der Waals surface area contributed by atoms with Gasteiger partial charge in [0.15, 0.2) is 0 Å². The summed E-state index contributed by atoms with van der Waals surface area (Å²) in [6.45, 7) is 0.103. The highest BCUT2D eigenvalue weighted by Gasteiger charge is 2.37. The van der Waals surface area contributed by atoms with E-state index in [0.29, 0.717) is 0 Å². The molecule has 0 atom stereocenters. The van der Waals surface area contributed by atoms with Crippen molar-refractivity contribution >= 4 is 5.91 Å². The van der Waals surface area contributed by atoms with E-state index >= 15 is 0 Å². The van der Waals surface area contributed by atoms with Crippen LogP contribution >= 0.6 is 0 Å². The average molecular weight is 263 g/mol. The highest BCUT2D eigenvalue weighted by atomic mass is 16.5. The Morgan fingerprint density at radius 1 is 1.32 bits per heavy atom. The van der Waals surface area contributed by atoms with Gasteiger partial charge in [-0.05, 0) is 30.5 Å². The number of methoxy groups -OCH3 is 2. The molecule has 1 N–H and O–H groups in total. The summed E-state index contributed by atoms with van der Waals surface area (Å²) in [6, 6.07) is 7.96. The van der Waals surface area contributed by atoms with Gasteiger partial charge in [-0.25, -0.2) is 0 Å². The number of rotatable bonds is 5. The molecule has 1 amide bonds. The van der Waals surface area contributed by atoms with Crippen LogP contribution in [0.5, 0.6) is 5.75 Å². The maximum atomic E-state index is 11.9. The van der Waals surface area contributed by atoms with Crippen molar-refractivity contribution in [2.75, 3.05) is 20.8 Å². The lowest BCUT2D eigenvalue weighted by Crippen LogP contribution is -2.45. The number of hydrogen-bond donors (Lipinski definition) is 1. The van der Waals surface area contributed by atoms with Gasteiger partial charge in [-0.1, -0.05) is 25.0 Å². The Morgan fingerprint density at radius 2 is 2.05 bits per heavy atom. The SMILES string of the molecule is COCC(=O)NC1(c2cccc(OC)c2)CCCC1. The summed E-state index contributed by atoms with van der Waals surface area (Å²) in [5.41, 5.74) is 0.859. The Morgan fingerprint density at radius 3 is 2.68 bits per heavy atom. The molecule has 0 spiro atoms. The van der Waals surface area contributed by atoms with Crippen molar-refractivity contribution in [2.24, 2.45) is 0 Å². The average Bonchev–Trinajstić information content (AvgIpc) is 2.89. The van der Waals surface area contributed by atoms with Crippen molar-refractivity contribution in [3.8, 4) is 5.75 Å². The normalized spacial score (nSPS) is 17.2. The predicted octanol–water partition coefficient (Wildman–Crippen LogP) is 2.23. The molecule has 0 radical (unpaired) electrons. The second-order valence-corrected chi connectivity index (χ2v) is 5.00. The quantitative estimate of drug-likeness (QED) is 0.886. The molecule has 0 heterocycles. The highest BCUT2D eigenvalue weighted by molar-refractivity contribution is 5.78. The van der Waals surface area contributed by atoms with Crippen molar-refractivity contribution in [2.45, 2.75) is 31.2 Å². The minimum atomic E-state index is -0.260. The van der Waals surface area contributed by atoms with E-state index in [2.05, 4.69) is 11.4 Å². The molecule has 0 bridgehead atoms. The standard InChI is InChI=1S/C15H21NO3/c1-18-11-14(17)16-15(8-3-4-9-15)12-6-5-7-13(10-12)19-2/h5-7,10H,3-4,8-9,11H2,1-2H3,(H,16,17). The zero-order valence-electron chi connectivity index (χ0n) is 11.6. The molecule has 1 aromatic rings. The van der Waals surface area contributed by atoms with Crippen molar-refractivity contribution < 1.29 is 14.3 Å². The van der Waals surface area contributed by atoms with Gasteiger partial charge in [-0.15, -0.1) is 0 Å². The van der Waals surface area contributed by atoms with Gasteiger partial charge < -0.3 is 14.8 Å². The molecule has 1 fully saturated rings. The summed E-state index contributed by atoms with van der Waals surface area (Å²) in [7, 11) is 3.19. The summed E-state index contributed by atoms with van der Waals surface area (Å²) >= 11 is 0. The molecule has 2 rings (SSSR count). The van der Waals surface area contributed by atoms with Crippen LogP contribution in [0.3, 0.4) is 0 Å². The van der Waals surface area contributed by atoms with Crippen LogP contribution in [0.15, 0.2) is 24.3 Å². The minimum absolute atomic E-state index is 0.0628. The van der Waals surface area contributed by atoms with E-state index in [4.69, 9.17) is 9.47 Å². The second kappa shape index (κ2) is 6.06. The molecule has 4 nitrogen and oxygen atoms in total. The molecule has 19 heavy (non-hydrogen) atoms. The summed E-state index contributed by atoms with van der Waals surface area (Å²) < 4.78 is 10.2. The van der Waals surface area contributed by atoms with Crippen LogP contribution in [0.2, 0.25) is 0 Å². The summed E-state index contributed by atoms with van der Waals surface area (Å²) in [4.78, 5) is 11.9. The lowest BCUT2D eigenvalue weighted by Gasteiger charge is -2.31. The third-order valence-electron chi connectivity index (χ3n) is 3.73. The maximum absolute atomic E-state index is 11.9. The van der Waals surface area contributed by atoms with Crippen LogP contribution in [0, 0.1) is 0 Å². The first kappa shape index (κ1) is 13.9.